The first kappa shape index (κ1) is 11.8. The van der Waals surface area contributed by atoms with Crippen molar-refractivity contribution in [1.82, 2.24) is 4.57 Å². The van der Waals surface area contributed by atoms with Crippen molar-refractivity contribution in [3.05, 3.63) is 24.0 Å². The van der Waals surface area contributed by atoms with Crippen LogP contribution in [0.25, 0.3) is 0 Å². The predicted octanol–water partition coefficient (Wildman–Crippen LogP) is 0.848. The minimum absolute atomic E-state index is 0.0118. The summed E-state index contributed by atoms with van der Waals surface area (Å²) in [7, 11) is 3.38. The molecule has 0 saturated carbocycles. The number of nitrogens with zero attached hydrogens (tertiary/aromatic N) is 1. The third-order valence-corrected chi connectivity index (χ3v) is 2.47. The molecule has 4 nitrogen and oxygen atoms in total. The minimum Gasteiger partial charge on any atom is -0.469 e. The van der Waals surface area contributed by atoms with Crippen molar-refractivity contribution in [2.75, 3.05) is 7.11 Å². The summed E-state index contributed by atoms with van der Waals surface area (Å²) < 4.78 is 6.60. The van der Waals surface area contributed by atoms with Gasteiger partial charge in [0.15, 0.2) is 0 Å². The maximum Gasteiger partial charge on any atom is 0.305 e. The number of rotatable bonds is 5. The van der Waals surface area contributed by atoms with Crippen LogP contribution in [0.15, 0.2) is 18.3 Å². The van der Waals surface area contributed by atoms with E-state index in [9.17, 15) is 4.79 Å². The SMILES string of the molecule is COC(=O)CCC(N)Cc1cccn1C. The number of esters is 1. The zero-order chi connectivity index (χ0) is 11.3. The van der Waals surface area contributed by atoms with Crippen molar-refractivity contribution < 1.29 is 9.53 Å². The quantitative estimate of drug-likeness (QED) is 0.733. The maximum atomic E-state index is 10.9. The Kier molecular flexibility index (Phi) is 4.37. The highest BCUT2D eigenvalue weighted by Crippen LogP contribution is 2.06. The van der Waals surface area contributed by atoms with E-state index < -0.39 is 0 Å². The van der Waals surface area contributed by atoms with Crippen LogP contribution in [0.5, 0.6) is 0 Å². The van der Waals surface area contributed by atoms with Crippen LogP contribution in [0.4, 0.5) is 0 Å². The molecule has 2 N–H and O–H groups in total. The van der Waals surface area contributed by atoms with Gasteiger partial charge < -0.3 is 15.0 Å². The van der Waals surface area contributed by atoms with Gasteiger partial charge in [0.05, 0.1) is 7.11 Å². The Morgan fingerprint density at radius 3 is 2.93 bits per heavy atom. The van der Waals surface area contributed by atoms with Crippen LogP contribution < -0.4 is 5.73 Å². The zero-order valence-corrected chi connectivity index (χ0v) is 9.27. The molecule has 84 valence electrons. The Hall–Kier alpha value is -1.29. The van der Waals surface area contributed by atoms with Gasteiger partial charge in [-0.3, -0.25) is 4.79 Å². The van der Waals surface area contributed by atoms with Gasteiger partial charge in [0, 0.05) is 37.8 Å². The Balaban J connectivity index is 2.33. The van der Waals surface area contributed by atoms with E-state index in [1.54, 1.807) is 0 Å². The van der Waals surface area contributed by atoms with Crippen molar-refractivity contribution in [3.8, 4) is 0 Å². The van der Waals surface area contributed by atoms with Crippen molar-refractivity contribution >= 4 is 5.97 Å². The molecule has 0 aliphatic heterocycles. The Bertz CT molecular complexity index is 320. The highest BCUT2D eigenvalue weighted by molar-refractivity contribution is 5.69. The van der Waals surface area contributed by atoms with Crippen molar-refractivity contribution in [2.24, 2.45) is 12.8 Å². The number of aryl methyl sites for hydroxylation is 1. The van der Waals surface area contributed by atoms with E-state index in [2.05, 4.69) is 4.74 Å². The molecule has 0 bridgehead atoms. The Labute approximate surface area is 90.0 Å². The lowest BCUT2D eigenvalue weighted by molar-refractivity contribution is -0.140. The van der Waals surface area contributed by atoms with Crippen LogP contribution in [-0.4, -0.2) is 23.7 Å². The molecule has 1 aromatic rings. The molecule has 1 unspecified atom stereocenters. The van der Waals surface area contributed by atoms with E-state index in [0.717, 1.165) is 6.42 Å². The molecule has 0 amide bonds. The van der Waals surface area contributed by atoms with Crippen molar-refractivity contribution in [1.29, 1.82) is 0 Å². The van der Waals surface area contributed by atoms with Gasteiger partial charge in [-0.25, -0.2) is 0 Å². The molecule has 0 aliphatic rings. The topological polar surface area (TPSA) is 57.2 Å². The fourth-order valence-electron chi connectivity index (χ4n) is 1.48. The number of hydrogen-bond donors (Lipinski definition) is 1. The summed E-state index contributed by atoms with van der Waals surface area (Å²) in [6, 6.07) is 4.04. The van der Waals surface area contributed by atoms with E-state index in [1.165, 1.54) is 12.8 Å². The summed E-state index contributed by atoms with van der Waals surface area (Å²) in [5.41, 5.74) is 7.10. The molecule has 0 saturated heterocycles. The van der Waals surface area contributed by atoms with Gasteiger partial charge in [0.1, 0.15) is 0 Å². The van der Waals surface area contributed by atoms with Crippen LogP contribution in [0.2, 0.25) is 0 Å². The summed E-state index contributed by atoms with van der Waals surface area (Å²) in [4.78, 5) is 10.9. The summed E-state index contributed by atoms with van der Waals surface area (Å²) in [5, 5.41) is 0. The molecule has 0 fully saturated rings. The summed E-state index contributed by atoms with van der Waals surface area (Å²) in [6.07, 6.45) is 3.84. The van der Waals surface area contributed by atoms with Gasteiger partial charge in [-0.15, -0.1) is 0 Å². The first-order chi connectivity index (χ1) is 7.13. The second-order valence-corrected chi connectivity index (χ2v) is 3.69. The van der Waals surface area contributed by atoms with Gasteiger partial charge in [-0.05, 0) is 18.6 Å². The fraction of sp³-hybridized carbons (Fsp3) is 0.545. The third kappa shape index (κ3) is 3.75. The highest BCUT2D eigenvalue weighted by Gasteiger charge is 2.09. The van der Waals surface area contributed by atoms with Gasteiger partial charge in [0.25, 0.3) is 0 Å². The zero-order valence-electron chi connectivity index (χ0n) is 9.27. The molecule has 0 aliphatic carbocycles. The van der Waals surface area contributed by atoms with Crippen LogP contribution >= 0.6 is 0 Å². The smallest absolute Gasteiger partial charge is 0.305 e. The number of methoxy groups -OCH3 is 1. The molecule has 1 aromatic heterocycles. The lowest BCUT2D eigenvalue weighted by Gasteiger charge is -2.11. The van der Waals surface area contributed by atoms with E-state index in [1.807, 2.05) is 29.9 Å². The van der Waals surface area contributed by atoms with Crippen LogP contribution in [0, 0.1) is 0 Å². The van der Waals surface area contributed by atoms with Crippen LogP contribution in [-0.2, 0) is 23.0 Å². The third-order valence-electron chi connectivity index (χ3n) is 2.47. The number of ether oxygens (including phenoxy) is 1. The molecule has 4 heteroatoms. The number of hydrogen-bond acceptors (Lipinski definition) is 3. The molecule has 0 radical (unpaired) electrons. The number of aromatic nitrogens is 1. The van der Waals surface area contributed by atoms with E-state index >= 15 is 0 Å². The normalized spacial score (nSPS) is 12.5. The molecular formula is C11H18N2O2. The lowest BCUT2D eigenvalue weighted by Crippen LogP contribution is -2.25. The standard InChI is InChI=1S/C11H18N2O2/c1-13-7-3-4-10(13)8-9(12)5-6-11(14)15-2/h3-4,7,9H,5-6,8,12H2,1-2H3. The van der Waals surface area contributed by atoms with E-state index in [-0.39, 0.29) is 12.0 Å². The van der Waals surface area contributed by atoms with Gasteiger partial charge in [0.2, 0.25) is 0 Å². The van der Waals surface area contributed by atoms with Crippen LogP contribution in [0.1, 0.15) is 18.5 Å². The van der Waals surface area contributed by atoms with E-state index in [4.69, 9.17) is 5.73 Å². The molecule has 15 heavy (non-hydrogen) atoms. The predicted molar refractivity (Wildman–Crippen MR) is 58.3 cm³/mol. The molecule has 1 rings (SSSR count). The van der Waals surface area contributed by atoms with E-state index in [0.29, 0.717) is 12.8 Å². The monoisotopic (exact) mass is 210 g/mol. The summed E-state index contributed by atoms with van der Waals surface area (Å²) in [6.45, 7) is 0. The first-order valence-corrected chi connectivity index (χ1v) is 5.06. The molecule has 1 atom stereocenters. The van der Waals surface area contributed by atoms with Crippen molar-refractivity contribution in [3.63, 3.8) is 0 Å². The molecule has 0 aromatic carbocycles. The number of carbonyl (C=O) groups is 1. The molecule has 1 heterocycles. The Morgan fingerprint density at radius 1 is 1.67 bits per heavy atom. The second kappa shape index (κ2) is 5.56. The second-order valence-electron chi connectivity index (χ2n) is 3.69. The van der Waals surface area contributed by atoms with Gasteiger partial charge in [-0.1, -0.05) is 0 Å². The molecular weight excluding hydrogens is 192 g/mol. The fourth-order valence-corrected chi connectivity index (χ4v) is 1.48. The summed E-state index contributed by atoms with van der Waals surface area (Å²) in [5.74, 6) is -0.197. The summed E-state index contributed by atoms with van der Waals surface area (Å²) >= 11 is 0. The largest absolute Gasteiger partial charge is 0.469 e. The average molecular weight is 210 g/mol. The van der Waals surface area contributed by atoms with Crippen LogP contribution in [0.3, 0.4) is 0 Å². The average Bonchev–Trinajstić information content (AvgIpc) is 2.61. The van der Waals surface area contributed by atoms with Gasteiger partial charge in [-0.2, -0.15) is 0 Å². The number of nitrogens with two attached hydrogens (primary N) is 1. The number of carbonyl (C=O) groups excluding carboxylic acids is 1. The minimum atomic E-state index is -0.197. The Morgan fingerprint density at radius 2 is 2.40 bits per heavy atom. The molecule has 0 spiro atoms. The van der Waals surface area contributed by atoms with Gasteiger partial charge >= 0.3 is 5.97 Å². The maximum absolute atomic E-state index is 10.9. The first-order valence-electron chi connectivity index (χ1n) is 5.06. The lowest BCUT2D eigenvalue weighted by atomic mass is 10.1. The van der Waals surface area contributed by atoms with Crippen molar-refractivity contribution in [2.45, 2.75) is 25.3 Å². The highest BCUT2D eigenvalue weighted by atomic mass is 16.5.